The number of rotatable bonds is 4. The van der Waals surface area contributed by atoms with E-state index in [2.05, 4.69) is 22.5 Å². The SMILES string of the molecule is C/C=C/CCNc1ccccn1. The van der Waals surface area contributed by atoms with Gasteiger partial charge in [0.2, 0.25) is 0 Å². The maximum atomic E-state index is 4.14. The number of anilines is 1. The highest BCUT2D eigenvalue weighted by Gasteiger charge is 1.87. The lowest BCUT2D eigenvalue weighted by molar-refractivity contribution is 1.05. The predicted molar refractivity (Wildman–Crippen MR) is 52.2 cm³/mol. The molecule has 0 aliphatic carbocycles. The van der Waals surface area contributed by atoms with E-state index < -0.39 is 0 Å². The first-order valence-electron chi connectivity index (χ1n) is 4.19. The van der Waals surface area contributed by atoms with Crippen LogP contribution in [0.1, 0.15) is 13.3 Å². The van der Waals surface area contributed by atoms with Crippen LogP contribution in [0.15, 0.2) is 36.5 Å². The van der Waals surface area contributed by atoms with Crippen LogP contribution in [0.4, 0.5) is 5.82 Å². The van der Waals surface area contributed by atoms with Gasteiger partial charge in [0.1, 0.15) is 5.82 Å². The first-order valence-corrected chi connectivity index (χ1v) is 4.19. The summed E-state index contributed by atoms with van der Waals surface area (Å²) >= 11 is 0. The number of hydrogen-bond donors (Lipinski definition) is 1. The second kappa shape index (κ2) is 5.35. The molecule has 0 bridgehead atoms. The van der Waals surface area contributed by atoms with Crippen LogP contribution in [-0.2, 0) is 0 Å². The third-order valence-electron chi connectivity index (χ3n) is 1.52. The van der Waals surface area contributed by atoms with Gasteiger partial charge in [0.05, 0.1) is 0 Å². The fraction of sp³-hybridized carbons (Fsp3) is 0.300. The quantitative estimate of drug-likeness (QED) is 0.543. The van der Waals surface area contributed by atoms with Crippen LogP contribution in [0.25, 0.3) is 0 Å². The highest BCUT2D eigenvalue weighted by atomic mass is 15.0. The fourth-order valence-corrected chi connectivity index (χ4v) is 0.918. The predicted octanol–water partition coefficient (Wildman–Crippen LogP) is 2.46. The Morgan fingerprint density at radius 3 is 3.08 bits per heavy atom. The molecule has 0 aliphatic heterocycles. The van der Waals surface area contributed by atoms with Gasteiger partial charge in [0.25, 0.3) is 0 Å². The molecule has 0 spiro atoms. The van der Waals surface area contributed by atoms with Gasteiger partial charge in [-0.25, -0.2) is 4.98 Å². The Kier molecular flexibility index (Phi) is 3.92. The van der Waals surface area contributed by atoms with Crippen molar-refractivity contribution in [2.75, 3.05) is 11.9 Å². The molecular weight excluding hydrogens is 148 g/mol. The second-order valence-electron chi connectivity index (χ2n) is 2.50. The summed E-state index contributed by atoms with van der Waals surface area (Å²) in [6, 6.07) is 5.86. The van der Waals surface area contributed by atoms with Crippen molar-refractivity contribution < 1.29 is 0 Å². The average Bonchev–Trinajstić information content (AvgIpc) is 2.14. The lowest BCUT2D eigenvalue weighted by atomic mass is 10.4. The summed E-state index contributed by atoms with van der Waals surface area (Å²) in [6.45, 7) is 2.97. The van der Waals surface area contributed by atoms with Crippen LogP contribution >= 0.6 is 0 Å². The summed E-state index contributed by atoms with van der Waals surface area (Å²) in [6.07, 6.45) is 7.03. The van der Waals surface area contributed by atoms with Gasteiger partial charge in [0.15, 0.2) is 0 Å². The zero-order chi connectivity index (χ0) is 8.65. The Morgan fingerprint density at radius 1 is 1.50 bits per heavy atom. The average molecular weight is 162 g/mol. The molecule has 0 aliphatic rings. The highest BCUT2D eigenvalue weighted by Crippen LogP contribution is 1.99. The van der Waals surface area contributed by atoms with Gasteiger partial charge in [-0.05, 0) is 25.5 Å². The number of allylic oxidation sites excluding steroid dienone is 1. The molecule has 1 aromatic rings. The lowest BCUT2D eigenvalue weighted by Crippen LogP contribution is -2.01. The molecule has 1 aromatic heterocycles. The Bertz CT molecular complexity index is 229. The molecule has 1 rings (SSSR count). The summed E-state index contributed by atoms with van der Waals surface area (Å²) in [7, 11) is 0. The third-order valence-corrected chi connectivity index (χ3v) is 1.52. The zero-order valence-electron chi connectivity index (χ0n) is 7.33. The van der Waals surface area contributed by atoms with E-state index in [1.54, 1.807) is 6.20 Å². The normalized spacial score (nSPS) is 10.4. The van der Waals surface area contributed by atoms with E-state index in [1.807, 2.05) is 25.1 Å². The third kappa shape index (κ3) is 3.19. The number of pyridine rings is 1. The minimum atomic E-state index is 0.946. The van der Waals surface area contributed by atoms with Gasteiger partial charge in [-0.3, -0.25) is 0 Å². The van der Waals surface area contributed by atoms with Crippen molar-refractivity contribution in [3.05, 3.63) is 36.5 Å². The van der Waals surface area contributed by atoms with Crippen molar-refractivity contribution in [3.8, 4) is 0 Å². The first-order chi connectivity index (χ1) is 5.93. The smallest absolute Gasteiger partial charge is 0.125 e. The Morgan fingerprint density at radius 2 is 2.42 bits per heavy atom. The van der Waals surface area contributed by atoms with Crippen LogP contribution in [-0.4, -0.2) is 11.5 Å². The van der Waals surface area contributed by atoms with Gasteiger partial charge in [-0.1, -0.05) is 18.2 Å². The molecule has 0 aromatic carbocycles. The molecule has 64 valence electrons. The van der Waals surface area contributed by atoms with Crippen molar-refractivity contribution in [3.63, 3.8) is 0 Å². The zero-order valence-corrected chi connectivity index (χ0v) is 7.33. The molecule has 0 unspecified atom stereocenters. The first kappa shape index (κ1) is 8.78. The lowest BCUT2D eigenvalue weighted by Gasteiger charge is -2.01. The van der Waals surface area contributed by atoms with Crippen molar-refractivity contribution in [1.29, 1.82) is 0 Å². The number of nitrogens with zero attached hydrogens (tertiary/aromatic N) is 1. The van der Waals surface area contributed by atoms with Crippen molar-refractivity contribution in [1.82, 2.24) is 4.98 Å². The molecule has 0 saturated heterocycles. The molecular formula is C10H14N2. The van der Waals surface area contributed by atoms with E-state index in [0.29, 0.717) is 0 Å². The molecule has 2 heteroatoms. The summed E-state index contributed by atoms with van der Waals surface area (Å²) in [5.74, 6) is 0.946. The summed E-state index contributed by atoms with van der Waals surface area (Å²) in [5, 5.41) is 3.22. The van der Waals surface area contributed by atoms with E-state index in [1.165, 1.54) is 0 Å². The topological polar surface area (TPSA) is 24.9 Å². The molecule has 2 nitrogen and oxygen atoms in total. The largest absolute Gasteiger partial charge is 0.370 e. The molecule has 0 atom stereocenters. The van der Waals surface area contributed by atoms with E-state index in [-0.39, 0.29) is 0 Å². The number of aromatic nitrogens is 1. The standard InChI is InChI=1S/C10H14N2/c1-2-3-5-8-11-10-7-4-6-9-12-10/h2-4,6-7,9H,5,8H2,1H3,(H,11,12)/b3-2+. The molecule has 0 amide bonds. The fourth-order valence-electron chi connectivity index (χ4n) is 0.918. The van der Waals surface area contributed by atoms with Crippen molar-refractivity contribution in [2.24, 2.45) is 0 Å². The van der Waals surface area contributed by atoms with E-state index in [9.17, 15) is 0 Å². The van der Waals surface area contributed by atoms with Gasteiger partial charge in [-0.15, -0.1) is 0 Å². The summed E-state index contributed by atoms with van der Waals surface area (Å²) < 4.78 is 0. The Labute approximate surface area is 73.3 Å². The van der Waals surface area contributed by atoms with Crippen LogP contribution < -0.4 is 5.32 Å². The summed E-state index contributed by atoms with van der Waals surface area (Å²) in [5.41, 5.74) is 0. The van der Waals surface area contributed by atoms with E-state index >= 15 is 0 Å². The molecule has 0 radical (unpaired) electrons. The monoisotopic (exact) mass is 162 g/mol. The molecule has 0 fully saturated rings. The van der Waals surface area contributed by atoms with Gasteiger partial charge < -0.3 is 5.32 Å². The summed E-state index contributed by atoms with van der Waals surface area (Å²) in [4.78, 5) is 4.14. The minimum Gasteiger partial charge on any atom is -0.370 e. The van der Waals surface area contributed by atoms with E-state index in [0.717, 1.165) is 18.8 Å². The second-order valence-corrected chi connectivity index (χ2v) is 2.50. The van der Waals surface area contributed by atoms with Gasteiger partial charge in [-0.2, -0.15) is 0 Å². The van der Waals surface area contributed by atoms with E-state index in [4.69, 9.17) is 0 Å². The number of hydrogen-bond acceptors (Lipinski definition) is 2. The van der Waals surface area contributed by atoms with Gasteiger partial charge in [0, 0.05) is 12.7 Å². The molecule has 12 heavy (non-hydrogen) atoms. The minimum absolute atomic E-state index is 0.946. The molecule has 1 heterocycles. The maximum absolute atomic E-state index is 4.14. The van der Waals surface area contributed by atoms with Crippen LogP contribution in [0.3, 0.4) is 0 Å². The molecule has 0 saturated carbocycles. The highest BCUT2D eigenvalue weighted by molar-refractivity contribution is 5.32. The Hall–Kier alpha value is -1.31. The van der Waals surface area contributed by atoms with Crippen molar-refractivity contribution in [2.45, 2.75) is 13.3 Å². The van der Waals surface area contributed by atoms with Crippen LogP contribution in [0.5, 0.6) is 0 Å². The number of nitrogens with one attached hydrogen (secondary N) is 1. The Balaban J connectivity index is 2.24. The maximum Gasteiger partial charge on any atom is 0.125 e. The van der Waals surface area contributed by atoms with Crippen LogP contribution in [0, 0.1) is 0 Å². The van der Waals surface area contributed by atoms with Crippen LogP contribution in [0.2, 0.25) is 0 Å². The van der Waals surface area contributed by atoms with Gasteiger partial charge >= 0.3 is 0 Å². The molecule has 1 N–H and O–H groups in total. The van der Waals surface area contributed by atoms with Crippen molar-refractivity contribution >= 4 is 5.82 Å².